The molecule has 5 rings (SSSR count). The maximum Gasteiger partial charge on any atom is 0.420 e. The summed E-state index contributed by atoms with van der Waals surface area (Å²) in [5.41, 5.74) is 3.33. The molecular formula is C26H24ClFN4O3. The number of imidazole rings is 1. The molecule has 1 aliphatic carbocycles. The summed E-state index contributed by atoms with van der Waals surface area (Å²) in [5.74, 6) is -0.621. The molecule has 1 N–H and O–H groups in total. The number of benzene rings is 2. The first-order chi connectivity index (χ1) is 16.5. The smallest absolute Gasteiger partial charge is 0.420 e. The predicted molar refractivity (Wildman–Crippen MR) is 133 cm³/mol. The lowest BCUT2D eigenvalue weighted by molar-refractivity contribution is -0.117. The zero-order valence-electron chi connectivity index (χ0n) is 19.7. The first kappa shape index (κ1) is 23.2. The van der Waals surface area contributed by atoms with Crippen molar-refractivity contribution < 1.29 is 18.7 Å². The van der Waals surface area contributed by atoms with E-state index in [0.29, 0.717) is 21.9 Å². The summed E-state index contributed by atoms with van der Waals surface area (Å²) in [7, 11) is 0. The second kappa shape index (κ2) is 8.30. The van der Waals surface area contributed by atoms with Crippen LogP contribution in [0.25, 0.3) is 32.9 Å². The normalized spacial score (nSPS) is 17.5. The van der Waals surface area contributed by atoms with Crippen molar-refractivity contribution in [2.24, 2.45) is 5.92 Å². The number of amides is 1. The van der Waals surface area contributed by atoms with Crippen LogP contribution in [0.1, 0.15) is 32.8 Å². The first-order valence-corrected chi connectivity index (χ1v) is 11.6. The third kappa shape index (κ3) is 4.58. The Kier molecular flexibility index (Phi) is 5.51. The molecule has 180 valence electrons. The minimum Gasteiger partial charge on any atom is -0.443 e. The van der Waals surface area contributed by atoms with Crippen molar-refractivity contribution in [1.82, 2.24) is 14.5 Å². The summed E-state index contributed by atoms with van der Waals surface area (Å²) in [5, 5.41) is 4.70. The minimum absolute atomic E-state index is 0.251. The Hall–Kier alpha value is -3.52. The molecule has 0 saturated heterocycles. The molecule has 2 aromatic heterocycles. The lowest BCUT2D eigenvalue weighted by atomic mass is 9.97. The van der Waals surface area contributed by atoms with Crippen LogP contribution in [-0.2, 0) is 9.53 Å². The molecule has 1 fully saturated rings. The summed E-state index contributed by atoms with van der Waals surface area (Å²) in [4.78, 5) is 33.4. The molecule has 0 radical (unpaired) electrons. The summed E-state index contributed by atoms with van der Waals surface area (Å²) in [6, 6.07) is 9.32. The molecule has 2 heterocycles. The zero-order chi connectivity index (χ0) is 25.1. The van der Waals surface area contributed by atoms with E-state index >= 15 is 0 Å². The van der Waals surface area contributed by atoms with Gasteiger partial charge in [0.1, 0.15) is 23.9 Å². The van der Waals surface area contributed by atoms with E-state index in [4.69, 9.17) is 16.3 Å². The molecule has 0 spiro atoms. The number of aryl methyl sites for hydroxylation is 1. The molecule has 35 heavy (non-hydrogen) atoms. The lowest BCUT2D eigenvalue weighted by Gasteiger charge is -2.19. The molecule has 0 aliphatic heterocycles. The van der Waals surface area contributed by atoms with Gasteiger partial charge in [-0.2, -0.15) is 0 Å². The van der Waals surface area contributed by atoms with Crippen LogP contribution in [0.15, 0.2) is 42.9 Å². The molecule has 2 unspecified atom stereocenters. The fourth-order valence-corrected chi connectivity index (χ4v) is 4.29. The number of fused-ring (bicyclic) bond motifs is 2. The Morgan fingerprint density at radius 3 is 2.60 bits per heavy atom. The SMILES string of the molecule is Cc1cc2c(cc1-c1cc(Cl)c3cnc(NC(=O)C4CC4F)cc3c1)ncn2C(=O)OC(C)(C)C. The number of nitrogens with one attached hydrogen (secondary N) is 1. The highest BCUT2D eigenvalue weighted by Gasteiger charge is 2.43. The number of halogens is 2. The van der Waals surface area contributed by atoms with Crippen LogP contribution in [0.4, 0.5) is 15.0 Å². The van der Waals surface area contributed by atoms with Crippen molar-refractivity contribution >= 4 is 51.2 Å². The third-order valence-electron chi connectivity index (χ3n) is 5.88. The van der Waals surface area contributed by atoms with E-state index in [1.54, 1.807) is 12.3 Å². The number of aromatic nitrogens is 3. The Morgan fingerprint density at radius 2 is 1.91 bits per heavy atom. The van der Waals surface area contributed by atoms with Gasteiger partial charge in [0, 0.05) is 11.6 Å². The van der Waals surface area contributed by atoms with E-state index in [9.17, 15) is 14.0 Å². The molecule has 2 aromatic carbocycles. The van der Waals surface area contributed by atoms with Crippen LogP contribution >= 0.6 is 11.6 Å². The Balaban J connectivity index is 1.51. The molecule has 1 amide bonds. The standard InChI is InChI=1S/C26H24ClFN4O3/c1-13-5-22-21(30-12-32(22)25(34)35-26(2,3)4)10-16(13)14-6-15-8-23(29-11-18(15)19(27)7-14)31-24(33)17-9-20(17)28/h5-8,10-12,17,20H,9H2,1-4H3,(H,29,31,33). The van der Waals surface area contributed by atoms with Crippen molar-refractivity contribution in [2.75, 3.05) is 5.32 Å². The number of carbonyl (C=O) groups excluding carboxylic acids is 2. The van der Waals surface area contributed by atoms with Crippen LogP contribution in [0.3, 0.4) is 0 Å². The molecule has 1 saturated carbocycles. The van der Waals surface area contributed by atoms with Crippen molar-refractivity contribution in [3.8, 4) is 11.1 Å². The molecule has 4 aromatic rings. The number of ether oxygens (including phenoxy) is 1. The number of rotatable bonds is 3. The van der Waals surface area contributed by atoms with E-state index < -0.39 is 23.8 Å². The van der Waals surface area contributed by atoms with Gasteiger partial charge in [-0.1, -0.05) is 11.6 Å². The topological polar surface area (TPSA) is 86.1 Å². The van der Waals surface area contributed by atoms with Crippen LogP contribution < -0.4 is 5.32 Å². The van der Waals surface area contributed by atoms with Crippen molar-refractivity contribution in [1.29, 1.82) is 0 Å². The number of hydrogen-bond acceptors (Lipinski definition) is 5. The van der Waals surface area contributed by atoms with Gasteiger partial charge in [-0.25, -0.2) is 23.7 Å². The number of carbonyl (C=O) groups is 2. The van der Waals surface area contributed by atoms with Crippen LogP contribution in [0.5, 0.6) is 0 Å². The number of pyridine rings is 1. The average molecular weight is 495 g/mol. The maximum atomic E-state index is 13.2. The van der Waals surface area contributed by atoms with Crippen molar-refractivity contribution in [3.05, 3.63) is 53.4 Å². The highest BCUT2D eigenvalue weighted by molar-refractivity contribution is 6.36. The van der Waals surface area contributed by atoms with E-state index in [-0.39, 0.29) is 12.3 Å². The Morgan fingerprint density at radius 1 is 1.17 bits per heavy atom. The number of hydrogen-bond donors (Lipinski definition) is 1. The fraction of sp³-hybridized carbons (Fsp3) is 0.308. The van der Waals surface area contributed by atoms with Gasteiger partial charge in [0.15, 0.2) is 0 Å². The number of anilines is 1. The summed E-state index contributed by atoms with van der Waals surface area (Å²) < 4.78 is 20.1. The van der Waals surface area contributed by atoms with Gasteiger partial charge in [0.25, 0.3) is 0 Å². The van der Waals surface area contributed by atoms with E-state index in [1.807, 2.05) is 52.0 Å². The molecule has 0 bridgehead atoms. The Labute approximate surface area is 206 Å². The van der Waals surface area contributed by atoms with E-state index in [0.717, 1.165) is 27.5 Å². The monoisotopic (exact) mass is 494 g/mol. The molecule has 9 heteroatoms. The zero-order valence-corrected chi connectivity index (χ0v) is 20.5. The van der Waals surface area contributed by atoms with Gasteiger partial charge in [0.2, 0.25) is 5.91 Å². The highest BCUT2D eigenvalue weighted by Crippen LogP contribution is 2.36. The molecule has 1 aliphatic rings. The van der Waals surface area contributed by atoms with Crippen molar-refractivity contribution in [3.63, 3.8) is 0 Å². The second-order valence-corrected chi connectivity index (χ2v) is 10.3. The van der Waals surface area contributed by atoms with Gasteiger partial charge < -0.3 is 10.1 Å². The van der Waals surface area contributed by atoms with Crippen LogP contribution in [-0.4, -0.2) is 38.3 Å². The van der Waals surface area contributed by atoms with Gasteiger partial charge >= 0.3 is 6.09 Å². The van der Waals surface area contributed by atoms with Gasteiger partial charge in [-0.05, 0) is 86.5 Å². The minimum atomic E-state index is -1.08. The first-order valence-electron chi connectivity index (χ1n) is 11.3. The number of alkyl halides is 1. The maximum absolute atomic E-state index is 13.2. The third-order valence-corrected chi connectivity index (χ3v) is 6.19. The van der Waals surface area contributed by atoms with E-state index in [2.05, 4.69) is 15.3 Å². The lowest BCUT2D eigenvalue weighted by Crippen LogP contribution is -2.26. The van der Waals surface area contributed by atoms with Crippen molar-refractivity contribution in [2.45, 2.75) is 45.9 Å². The summed E-state index contributed by atoms with van der Waals surface area (Å²) >= 11 is 6.57. The average Bonchev–Trinajstić information content (AvgIpc) is 3.36. The quantitative estimate of drug-likeness (QED) is 0.361. The molecule has 7 nitrogen and oxygen atoms in total. The van der Waals surface area contributed by atoms with Gasteiger partial charge in [-0.15, -0.1) is 0 Å². The molecule has 2 atom stereocenters. The largest absolute Gasteiger partial charge is 0.443 e. The predicted octanol–water partition coefficient (Wildman–Crippen LogP) is 6.29. The highest BCUT2D eigenvalue weighted by atomic mass is 35.5. The van der Waals surface area contributed by atoms with Crippen LogP contribution in [0, 0.1) is 12.8 Å². The van der Waals surface area contributed by atoms with Gasteiger partial charge in [-0.3, -0.25) is 4.79 Å². The summed E-state index contributed by atoms with van der Waals surface area (Å²) in [6.45, 7) is 7.38. The fourth-order valence-electron chi connectivity index (χ4n) is 4.02. The summed E-state index contributed by atoms with van der Waals surface area (Å²) in [6.07, 6.45) is 1.73. The second-order valence-electron chi connectivity index (χ2n) is 9.85. The Bertz CT molecular complexity index is 1510. The van der Waals surface area contributed by atoms with E-state index in [1.165, 1.54) is 10.9 Å². The van der Waals surface area contributed by atoms with Gasteiger partial charge in [0.05, 0.1) is 22.0 Å². The number of nitrogens with zero attached hydrogens (tertiary/aromatic N) is 3. The molecular weight excluding hydrogens is 471 g/mol. The van der Waals surface area contributed by atoms with Crippen LogP contribution in [0.2, 0.25) is 5.02 Å².